The summed E-state index contributed by atoms with van der Waals surface area (Å²) in [5, 5.41) is 12.3. The van der Waals surface area contributed by atoms with Crippen LogP contribution in [0.5, 0.6) is 0 Å². The predicted octanol–water partition coefficient (Wildman–Crippen LogP) is 26.4. The molecule has 0 N–H and O–H groups in total. The minimum absolute atomic E-state index is 0.00422. The van der Waals surface area contributed by atoms with Crippen molar-refractivity contribution >= 4 is 143 Å². The van der Waals surface area contributed by atoms with Crippen LogP contribution in [0.25, 0.3) is 136 Å². The maximum Gasteiger partial charge on any atom is 0.264 e. The minimum Gasteiger partial charge on any atom is -0.310 e. The number of rotatable bonds is 8. The van der Waals surface area contributed by atoms with E-state index in [1.165, 1.54) is 16.3 Å². The van der Waals surface area contributed by atoms with Gasteiger partial charge in [0, 0.05) is 76.0 Å². The Morgan fingerprint density at radius 1 is 0.333 bits per heavy atom. The molecule has 502 valence electrons. The first kappa shape index (κ1) is 59.7. The van der Waals surface area contributed by atoms with E-state index in [0.29, 0.717) is 16.8 Å². The van der Waals surface area contributed by atoms with Gasteiger partial charge in [0.2, 0.25) is 0 Å². The molecule has 0 bridgehead atoms. The molecular weight excluding hydrogens is 1290 g/mol. The average Bonchev–Trinajstić information content (AvgIpc) is 1.25. The van der Waals surface area contributed by atoms with E-state index in [1.54, 1.807) is 0 Å². The normalized spacial score (nSPS) is 13.5. The fourth-order valence-electron chi connectivity index (χ4n) is 17.3. The van der Waals surface area contributed by atoms with Gasteiger partial charge in [-0.05, 0) is 182 Å². The fourth-order valence-corrected chi connectivity index (χ4v) is 18.8. The molecule has 0 radical (unpaired) electrons. The van der Waals surface area contributed by atoms with Crippen LogP contribution in [0.3, 0.4) is 0 Å². The van der Waals surface area contributed by atoms with Gasteiger partial charge in [0.15, 0.2) is 0 Å². The van der Waals surface area contributed by atoms with Gasteiger partial charge in [-0.15, -0.1) is 11.3 Å². The molecule has 0 spiro atoms. The predicted molar refractivity (Wildman–Crippen MR) is 455 cm³/mol. The number of aromatic nitrogens is 1. The van der Waals surface area contributed by atoms with Crippen molar-refractivity contribution in [3.63, 3.8) is 0 Å². The second kappa shape index (κ2) is 23.4. The Morgan fingerprint density at radius 3 is 1.40 bits per heavy atom. The van der Waals surface area contributed by atoms with Gasteiger partial charge in [0.25, 0.3) is 6.71 Å². The summed E-state index contributed by atoms with van der Waals surface area (Å²) >= 11 is 1.81. The van der Waals surface area contributed by atoms with Crippen molar-refractivity contribution in [2.24, 2.45) is 0 Å². The highest BCUT2D eigenvalue weighted by Crippen LogP contribution is 2.58. The largest absolute Gasteiger partial charge is 0.310 e. The molecular formula is C100H78BN3S. The third kappa shape index (κ3) is 9.84. The smallest absolute Gasteiger partial charge is 0.264 e. The Labute approximate surface area is 623 Å². The van der Waals surface area contributed by atoms with Crippen molar-refractivity contribution in [1.82, 2.24) is 4.57 Å². The van der Waals surface area contributed by atoms with Crippen LogP contribution in [0.1, 0.15) is 83.1 Å². The molecule has 2 aromatic heterocycles. The van der Waals surface area contributed by atoms with Gasteiger partial charge in [-0.3, -0.25) is 0 Å². The topological polar surface area (TPSA) is 11.4 Å². The average molecular weight is 1370 g/mol. The molecule has 20 rings (SSSR count). The number of hydrogen-bond acceptors (Lipinski definition) is 3. The van der Waals surface area contributed by atoms with E-state index in [2.05, 4.69) is 368 Å². The zero-order chi connectivity index (χ0) is 73.6. The molecule has 0 atom stereocenters. The van der Waals surface area contributed by atoms with Crippen LogP contribution in [-0.2, 0) is 16.2 Å². The van der Waals surface area contributed by atoms with E-state index in [9.17, 15) is 4.11 Å². The highest BCUT2D eigenvalue weighted by Gasteiger charge is 2.48. The molecule has 0 amide bonds. The number of para-hydroxylation sites is 1. The minimum atomic E-state index is -0.669. The summed E-state index contributed by atoms with van der Waals surface area (Å²) in [7, 11) is 0. The Morgan fingerprint density at radius 2 is 0.810 bits per heavy atom. The molecule has 0 aliphatic carbocycles. The van der Waals surface area contributed by atoms with E-state index < -0.39 is 12.1 Å². The van der Waals surface area contributed by atoms with Crippen LogP contribution in [0, 0.1) is 0 Å². The van der Waals surface area contributed by atoms with Crippen molar-refractivity contribution < 1.29 is 4.11 Å². The summed E-state index contributed by atoms with van der Waals surface area (Å²) in [4.78, 5) is 5.10. The van der Waals surface area contributed by atoms with Crippen LogP contribution in [0.15, 0.2) is 309 Å². The molecule has 0 unspecified atom stereocenters. The van der Waals surface area contributed by atoms with Crippen molar-refractivity contribution in [3.05, 3.63) is 326 Å². The second-order valence-corrected chi connectivity index (χ2v) is 33.2. The molecule has 2 aliphatic heterocycles. The van der Waals surface area contributed by atoms with E-state index in [0.717, 1.165) is 170 Å². The summed E-state index contributed by atoms with van der Waals surface area (Å²) in [6, 6.07) is 107. The van der Waals surface area contributed by atoms with Crippen LogP contribution in [-0.4, -0.2) is 11.3 Å². The van der Waals surface area contributed by atoms with Crippen molar-refractivity contribution in [2.75, 3.05) is 9.80 Å². The second-order valence-electron chi connectivity index (χ2n) is 32.1. The molecule has 0 saturated heterocycles. The highest BCUT2D eigenvalue weighted by molar-refractivity contribution is 7.34. The summed E-state index contributed by atoms with van der Waals surface area (Å²) in [5.41, 5.74) is 22.4. The van der Waals surface area contributed by atoms with Crippen molar-refractivity contribution in [2.45, 2.75) is 78.6 Å². The van der Waals surface area contributed by atoms with Crippen LogP contribution in [0.4, 0.5) is 34.1 Å². The molecule has 2 aliphatic rings. The molecule has 0 saturated carbocycles. The molecule has 18 aromatic rings. The van der Waals surface area contributed by atoms with Crippen molar-refractivity contribution in [3.8, 4) is 61.3 Å². The third-order valence-corrected chi connectivity index (χ3v) is 23.9. The Balaban J connectivity index is 1.01. The number of benzene rings is 16. The molecule has 105 heavy (non-hydrogen) atoms. The number of hydrogen-bond donors (Lipinski definition) is 0. The summed E-state index contributed by atoms with van der Waals surface area (Å²) in [6.45, 7) is 20.2. The monoisotopic (exact) mass is 1370 g/mol. The summed E-state index contributed by atoms with van der Waals surface area (Å²) in [5.74, 6) is 0. The number of nitrogens with zero attached hydrogens (tertiary/aromatic N) is 3. The number of anilines is 6. The lowest BCUT2D eigenvalue weighted by Gasteiger charge is -2.46. The number of fused-ring (bicyclic) bond motifs is 11. The van der Waals surface area contributed by atoms with E-state index in [-0.39, 0.29) is 29.0 Å². The lowest BCUT2D eigenvalue weighted by atomic mass is 9.36. The first-order valence-corrected chi connectivity index (χ1v) is 37.7. The Kier molecular flexibility index (Phi) is 13.3. The first-order chi connectivity index (χ1) is 52.3. The van der Waals surface area contributed by atoms with Gasteiger partial charge < -0.3 is 14.4 Å². The highest BCUT2D eigenvalue weighted by atomic mass is 32.1. The van der Waals surface area contributed by atoms with Gasteiger partial charge in [-0.25, -0.2) is 0 Å². The maximum atomic E-state index is 12.1. The molecule has 3 nitrogen and oxygen atoms in total. The zero-order valence-corrected chi connectivity index (χ0v) is 61.4. The van der Waals surface area contributed by atoms with Gasteiger partial charge >= 0.3 is 0 Å². The first-order valence-electron chi connectivity index (χ1n) is 38.4. The molecule has 0 fully saturated rings. The van der Waals surface area contributed by atoms with E-state index in [4.69, 9.17) is 0 Å². The van der Waals surface area contributed by atoms with Gasteiger partial charge in [0.05, 0.1) is 32.2 Å². The number of thiophene rings is 1. The lowest BCUT2D eigenvalue weighted by Crippen LogP contribution is -2.60. The van der Waals surface area contributed by atoms with Crippen LogP contribution >= 0.6 is 11.3 Å². The van der Waals surface area contributed by atoms with Crippen LogP contribution < -0.4 is 25.5 Å². The fraction of sp³-hybridized carbons (Fsp3) is 0.120. The van der Waals surface area contributed by atoms with Gasteiger partial charge in [-0.2, -0.15) is 0 Å². The van der Waals surface area contributed by atoms with Gasteiger partial charge in [0.1, 0.15) is 0 Å². The Bertz CT molecular complexity index is 6640. The maximum absolute atomic E-state index is 12.1. The third-order valence-electron chi connectivity index (χ3n) is 22.6. The lowest BCUT2D eigenvalue weighted by molar-refractivity contribution is 0.590. The van der Waals surface area contributed by atoms with E-state index in [1.807, 2.05) is 11.3 Å². The van der Waals surface area contributed by atoms with Gasteiger partial charge in [-0.1, -0.05) is 305 Å². The standard InChI is InChI=1S/C100H78BN3S/c1-98(2,3)71-54-79(62-29-14-10-15-30-62)93(80(55-71)63-31-16-11-17-32-63)103-86-60-74(102-85-43-25-24-40-76(85)83-53-70-47-45-66-38-26-39-67-48-50-77(92(83)102)90(70)89(66)67)49-51-84(86)101-91-87(103)58-73(100(7,8)9)59-88(91)104(95-78-42-27-41-75(96(78)105-97(95)101)69-46-44-61-28-22-23-37-68(61)52-69)94-81(64-33-18-12-19-34-64)56-72(99(4,5)6)57-82(94)65-35-20-13-21-36-65/h10-60H,1-9H3/i49D,51D,60D. The van der Waals surface area contributed by atoms with Crippen LogP contribution in [0.2, 0.25) is 0 Å². The summed E-state index contributed by atoms with van der Waals surface area (Å²) in [6.07, 6.45) is 0. The van der Waals surface area contributed by atoms with Crippen molar-refractivity contribution in [1.29, 1.82) is 0 Å². The van der Waals surface area contributed by atoms with E-state index >= 15 is 0 Å². The quantitative estimate of drug-likeness (QED) is 0.111. The molecule has 5 heteroatoms. The Hall–Kier alpha value is -11.8. The molecule has 4 heterocycles. The SMILES string of the molecule is [2H]c1c([2H])c(-n2c3ccccc3c3cc4ccc5cccc6ccc(c4c56)c32)c([2H])c2c1B1c3sc4c(-c5ccc6ccccc6c5)cccc4c3N(c3c(-c4ccccc4)cc(C(C)(C)C)cc3-c3ccccc3)c3cc(C(C)(C)C)cc(c31)N2c1c(-c2ccccc2)cc(C(C)(C)C)cc1-c1ccccc1. The summed E-state index contributed by atoms with van der Waals surface area (Å²) < 4.78 is 39.4. The zero-order valence-electron chi connectivity index (χ0n) is 63.5. The molecule has 16 aromatic carbocycles.